The van der Waals surface area contributed by atoms with E-state index in [1.54, 1.807) is 19.9 Å². The van der Waals surface area contributed by atoms with Gasteiger partial charge in [0.2, 0.25) is 0 Å². The van der Waals surface area contributed by atoms with Crippen LogP contribution < -0.4 is 0 Å². The number of allylic oxidation sites excluding steroid dienone is 1. The molecule has 94 valence electrons. The van der Waals surface area contributed by atoms with E-state index in [9.17, 15) is 15.0 Å². The highest BCUT2D eigenvalue weighted by Crippen LogP contribution is 2.16. The molecule has 0 saturated heterocycles. The van der Waals surface area contributed by atoms with Crippen LogP contribution in [0.25, 0.3) is 0 Å². The number of carbonyl (C=O) groups is 1. The molecule has 4 nitrogen and oxygen atoms in total. The van der Waals surface area contributed by atoms with Gasteiger partial charge in [-0.2, -0.15) is 0 Å². The van der Waals surface area contributed by atoms with E-state index in [0.29, 0.717) is 12.8 Å². The van der Waals surface area contributed by atoms with Gasteiger partial charge in [0.05, 0.1) is 25.2 Å². The van der Waals surface area contributed by atoms with Crippen molar-refractivity contribution in [2.75, 3.05) is 7.11 Å². The van der Waals surface area contributed by atoms with E-state index in [0.717, 1.165) is 5.57 Å². The molecule has 0 saturated carbocycles. The SMILES string of the molecule is COC(=O)C/C=C(\C)CCC(O)C(C)(C)O. The van der Waals surface area contributed by atoms with Crippen LogP contribution in [-0.4, -0.2) is 35.0 Å². The fourth-order valence-corrected chi connectivity index (χ4v) is 1.16. The lowest BCUT2D eigenvalue weighted by molar-refractivity contribution is -0.139. The minimum absolute atomic E-state index is 0.251. The Morgan fingerprint density at radius 2 is 2.06 bits per heavy atom. The van der Waals surface area contributed by atoms with Crippen molar-refractivity contribution in [2.24, 2.45) is 0 Å². The zero-order valence-corrected chi connectivity index (χ0v) is 10.5. The van der Waals surface area contributed by atoms with E-state index in [4.69, 9.17) is 0 Å². The fourth-order valence-electron chi connectivity index (χ4n) is 1.16. The fraction of sp³-hybridized carbons (Fsp3) is 0.750. The molecule has 0 aliphatic carbocycles. The Labute approximate surface area is 96.9 Å². The maximum Gasteiger partial charge on any atom is 0.309 e. The maximum absolute atomic E-state index is 10.9. The highest BCUT2D eigenvalue weighted by molar-refractivity contribution is 5.71. The third-order valence-corrected chi connectivity index (χ3v) is 2.47. The molecule has 4 heteroatoms. The number of aliphatic hydroxyl groups excluding tert-OH is 1. The normalized spacial score (nSPS) is 14.8. The Bertz CT molecular complexity index is 250. The van der Waals surface area contributed by atoms with Crippen molar-refractivity contribution in [2.45, 2.75) is 51.7 Å². The summed E-state index contributed by atoms with van der Waals surface area (Å²) in [6.07, 6.45) is 2.41. The highest BCUT2D eigenvalue weighted by Gasteiger charge is 2.23. The molecule has 0 aromatic heterocycles. The summed E-state index contributed by atoms with van der Waals surface area (Å²) < 4.78 is 4.51. The van der Waals surface area contributed by atoms with E-state index >= 15 is 0 Å². The number of hydrogen-bond acceptors (Lipinski definition) is 4. The lowest BCUT2D eigenvalue weighted by atomic mass is 9.96. The van der Waals surface area contributed by atoms with Crippen molar-refractivity contribution in [3.8, 4) is 0 Å². The second-order valence-electron chi connectivity index (χ2n) is 4.54. The molecule has 0 rings (SSSR count). The molecule has 1 unspecified atom stereocenters. The molecule has 0 bridgehead atoms. The number of hydrogen-bond donors (Lipinski definition) is 2. The molecule has 0 aromatic carbocycles. The molecular formula is C12H22O4. The van der Waals surface area contributed by atoms with Crippen LogP contribution in [-0.2, 0) is 9.53 Å². The first kappa shape index (κ1) is 15.1. The molecule has 0 amide bonds. The first-order valence-electron chi connectivity index (χ1n) is 5.40. The van der Waals surface area contributed by atoms with Gasteiger partial charge in [0, 0.05) is 0 Å². The van der Waals surface area contributed by atoms with Gasteiger partial charge >= 0.3 is 5.97 Å². The molecule has 16 heavy (non-hydrogen) atoms. The Hall–Kier alpha value is -0.870. The first-order chi connectivity index (χ1) is 7.27. The summed E-state index contributed by atoms with van der Waals surface area (Å²) in [5.74, 6) is -0.276. The largest absolute Gasteiger partial charge is 0.469 e. The van der Waals surface area contributed by atoms with Crippen molar-refractivity contribution in [3.63, 3.8) is 0 Å². The summed E-state index contributed by atoms with van der Waals surface area (Å²) in [5.41, 5.74) is -0.0727. The topological polar surface area (TPSA) is 66.8 Å². The van der Waals surface area contributed by atoms with Crippen molar-refractivity contribution in [3.05, 3.63) is 11.6 Å². The molecule has 0 aliphatic heterocycles. The van der Waals surface area contributed by atoms with Gasteiger partial charge in [-0.15, -0.1) is 0 Å². The van der Waals surface area contributed by atoms with E-state index in [-0.39, 0.29) is 12.4 Å². The number of aliphatic hydroxyl groups is 2. The third-order valence-electron chi connectivity index (χ3n) is 2.47. The third kappa shape index (κ3) is 6.58. The minimum Gasteiger partial charge on any atom is -0.469 e. The summed E-state index contributed by atoms with van der Waals surface area (Å²) in [7, 11) is 1.35. The number of methoxy groups -OCH3 is 1. The van der Waals surface area contributed by atoms with Gasteiger partial charge < -0.3 is 14.9 Å². The lowest BCUT2D eigenvalue weighted by Crippen LogP contribution is -2.35. The lowest BCUT2D eigenvalue weighted by Gasteiger charge is -2.24. The average Bonchev–Trinajstić information content (AvgIpc) is 2.20. The van der Waals surface area contributed by atoms with E-state index < -0.39 is 11.7 Å². The summed E-state index contributed by atoms with van der Waals surface area (Å²) in [5, 5.41) is 19.1. The second kappa shape index (κ2) is 6.66. The zero-order valence-electron chi connectivity index (χ0n) is 10.5. The molecular weight excluding hydrogens is 208 g/mol. The van der Waals surface area contributed by atoms with Crippen LogP contribution in [0.4, 0.5) is 0 Å². The number of esters is 1. The van der Waals surface area contributed by atoms with Crippen molar-refractivity contribution >= 4 is 5.97 Å². The highest BCUT2D eigenvalue weighted by atomic mass is 16.5. The molecule has 0 aromatic rings. The van der Waals surface area contributed by atoms with Gasteiger partial charge in [-0.05, 0) is 33.6 Å². The molecule has 0 fully saturated rings. The minimum atomic E-state index is -1.08. The van der Waals surface area contributed by atoms with Gasteiger partial charge in [0.15, 0.2) is 0 Å². The van der Waals surface area contributed by atoms with Crippen molar-refractivity contribution < 1.29 is 19.7 Å². The van der Waals surface area contributed by atoms with Crippen molar-refractivity contribution in [1.29, 1.82) is 0 Å². The summed E-state index contributed by atoms with van der Waals surface area (Å²) >= 11 is 0. The molecule has 1 atom stereocenters. The van der Waals surface area contributed by atoms with Gasteiger partial charge in [0.1, 0.15) is 0 Å². The van der Waals surface area contributed by atoms with Crippen molar-refractivity contribution in [1.82, 2.24) is 0 Å². The monoisotopic (exact) mass is 230 g/mol. The predicted octanol–water partition coefficient (Wildman–Crippen LogP) is 1.41. The van der Waals surface area contributed by atoms with Gasteiger partial charge in [-0.25, -0.2) is 0 Å². The zero-order chi connectivity index (χ0) is 12.8. The number of rotatable bonds is 6. The van der Waals surface area contributed by atoms with Gasteiger partial charge in [-0.1, -0.05) is 11.6 Å². The Kier molecular flexibility index (Phi) is 6.29. The first-order valence-corrected chi connectivity index (χ1v) is 5.40. The van der Waals surface area contributed by atoms with Crippen LogP contribution in [0.1, 0.15) is 40.0 Å². The quantitative estimate of drug-likeness (QED) is 0.535. The Morgan fingerprint density at radius 3 is 2.50 bits per heavy atom. The van der Waals surface area contributed by atoms with Crippen LogP contribution in [0.3, 0.4) is 0 Å². The van der Waals surface area contributed by atoms with E-state index in [1.165, 1.54) is 7.11 Å². The van der Waals surface area contributed by atoms with E-state index in [1.807, 2.05) is 6.92 Å². The van der Waals surface area contributed by atoms with Gasteiger partial charge in [-0.3, -0.25) is 4.79 Å². The summed E-state index contributed by atoms with van der Waals surface area (Å²) in [4.78, 5) is 10.9. The molecule has 0 spiro atoms. The Balaban J connectivity index is 3.98. The smallest absolute Gasteiger partial charge is 0.309 e. The molecule has 2 N–H and O–H groups in total. The van der Waals surface area contributed by atoms with Crippen LogP contribution in [0.15, 0.2) is 11.6 Å². The second-order valence-corrected chi connectivity index (χ2v) is 4.54. The number of carbonyl (C=O) groups excluding carboxylic acids is 1. The predicted molar refractivity (Wildman–Crippen MR) is 61.9 cm³/mol. The Morgan fingerprint density at radius 1 is 1.50 bits per heavy atom. The molecule has 0 radical (unpaired) electrons. The maximum atomic E-state index is 10.9. The molecule has 0 heterocycles. The van der Waals surface area contributed by atoms with Gasteiger partial charge in [0.25, 0.3) is 0 Å². The molecule has 0 aliphatic rings. The van der Waals surface area contributed by atoms with Crippen LogP contribution in [0.2, 0.25) is 0 Å². The van der Waals surface area contributed by atoms with E-state index in [2.05, 4.69) is 4.74 Å². The van der Waals surface area contributed by atoms with Crippen LogP contribution in [0, 0.1) is 0 Å². The summed E-state index contributed by atoms with van der Waals surface area (Å²) in [6, 6.07) is 0. The van der Waals surface area contributed by atoms with Crippen LogP contribution in [0.5, 0.6) is 0 Å². The standard InChI is InChI=1S/C12H22O4/c1-9(6-8-11(14)16-4)5-7-10(13)12(2,3)15/h6,10,13,15H,5,7-8H2,1-4H3/b9-6+. The number of ether oxygens (including phenoxy) is 1. The summed E-state index contributed by atoms with van der Waals surface area (Å²) in [6.45, 7) is 5.04. The van der Waals surface area contributed by atoms with Crippen LogP contribution >= 0.6 is 0 Å². The average molecular weight is 230 g/mol.